The van der Waals surface area contributed by atoms with E-state index in [1.54, 1.807) is 6.08 Å². The van der Waals surface area contributed by atoms with Gasteiger partial charge >= 0.3 is 0 Å². The third-order valence-corrected chi connectivity index (χ3v) is 1.17. The molecule has 0 saturated carbocycles. The fourth-order valence-corrected chi connectivity index (χ4v) is 0.807. The molecule has 0 aliphatic heterocycles. The van der Waals surface area contributed by atoms with Gasteiger partial charge in [0.1, 0.15) is 0 Å². The molecule has 0 nitrogen and oxygen atoms in total. The molecule has 0 radical (unpaired) electrons. The Kier molecular flexibility index (Phi) is 60.4. The van der Waals surface area contributed by atoms with Gasteiger partial charge in [-0.25, -0.2) is 0 Å². The maximum Gasteiger partial charge on any atom is -0.0398 e. The predicted octanol–water partition coefficient (Wildman–Crippen LogP) is 7.21. The monoisotopic (exact) mass is 254 g/mol. The normalized spacial score (nSPS) is 5.83. The molecule has 0 N–H and O–H groups in total. The van der Waals surface area contributed by atoms with Gasteiger partial charge in [0.15, 0.2) is 0 Å². The van der Waals surface area contributed by atoms with Crippen LogP contribution in [0, 0.1) is 13.8 Å². The van der Waals surface area contributed by atoms with Crippen LogP contribution in [0.5, 0.6) is 0 Å². The lowest BCUT2D eigenvalue weighted by atomic mass is 10.2. The zero-order chi connectivity index (χ0) is 14.7. The van der Waals surface area contributed by atoms with E-state index in [-0.39, 0.29) is 7.43 Å². The Hall–Kier alpha value is -1.04. The highest BCUT2D eigenvalue weighted by Crippen LogP contribution is 2.00. The standard InChI is InChI=1S/C8H10.C3H6.3C2H6.CH4/c1-7-4-3-5-8(2)6-7;1-3-2;3*1-2;/h3-6H,1-2H3;3H,1H2,2H3;3*1-2H3;1H4. The lowest BCUT2D eigenvalue weighted by Crippen LogP contribution is -1.71. The maximum atomic E-state index is 3.36. The van der Waals surface area contributed by atoms with Crippen LogP contribution in [-0.2, 0) is 0 Å². The average molecular weight is 255 g/mol. The van der Waals surface area contributed by atoms with Gasteiger partial charge in [-0.15, -0.1) is 6.58 Å². The number of benzene rings is 1. The molecule has 0 aliphatic carbocycles. The number of aryl methyl sites for hydroxylation is 2. The van der Waals surface area contributed by atoms with Crippen molar-refractivity contribution in [1.82, 2.24) is 0 Å². The molecule has 0 aromatic heterocycles. The fraction of sp³-hybridized carbons (Fsp3) is 0.556. The molecule has 0 atom stereocenters. The molecule has 0 heterocycles. The first-order valence-electron chi connectivity index (χ1n) is 6.81. The lowest BCUT2D eigenvalue weighted by molar-refractivity contribution is 1.39. The molecule has 0 aliphatic rings. The summed E-state index contributed by atoms with van der Waals surface area (Å²) in [6.45, 7) is 21.5. The summed E-state index contributed by atoms with van der Waals surface area (Å²) < 4.78 is 0. The Morgan fingerprint density at radius 1 is 0.833 bits per heavy atom. The lowest BCUT2D eigenvalue weighted by Gasteiger charge is -1.90. The summed E-state index contributed by atoms with van der Waals surface area (Å²) in [4.78, 5) is 0. The molecule has 0 saturated heterocycles. The minimum atomic E-state index is 0. The molecular weight excluding hydrogens is 216 g/mol. The van der Waals surface area contributed by atoms with E-state index in [2.05, 4.69) is 44.7 Å². The zero-order valence-corrected chi connectivity index (χ0v) is 13.6. The summed E-state index contributed by atoms with van der Waals surface area (Å²) in [5.74, 6) is 0. The molecule has 18 heavy (non-hydrogen) atoms. The fourth-order valence-electron chi connectivity index (χ4n) is 0.807. The second kappa shape index (κ2) is 36.0. The van der Waals surface area contributed by atoms with Crippen LogP contribution in [0.15, 0.2) is 36.9 Å². The van der Waals surface area contributed by atoms with E-state index in [1.807, 2.05) is 48.5 Å². The van der Waals surface area contributed by atoms with Gasteiger partial charge in [-0.05, 0) is 20.8 Å². The Labute approximate surface area is 118 Å². The highest BCUT2D eigenvalue weighted by molar-refractivity contribution is 5.20. The van der Waals surface area contributed by atoms with E-state index in [0.717, 1.165) is 0 Å². The van der Waals surface area contributed by atoms with Gasteiger partial charge in [-0.2, -0.15) is 0 Å². The Balaban J connectivity index is -0.0000000486. The van der Waals surface area contributed by atoms with Crippen LogP contribution < -0.4 is 0 Å². The van der Waals surface area contributed by atoms with Crippen LogP contribution in [0.3, 0.4) is 0 Å². The first kappa shape index (κ1) is 30.2. The van der Waals surface area contributed by atoms with Crippen molar-refractivity contribution in [3.8, 4) is 0 Å². The average Bonchev–Trinajstić information content (AvgIpc) is 2.37. The molecule has 0 fully saturated rings. The number of rotatable bonds is 0. The minimum absolute atomic E-state index is 0. The van der Waals surface area contributed by atoms with Gasteiger partial charge in [0.2, 0.25) is 0 Å². The van der Waals surface area contributed by atoms with Crippen molar-refractivity contribution in [3.63, 3.8) is 0 Å². The van der Waals surface area contributed by atoms with Crippen LogP contribution in [0.4, 0.5) is 0 Å². The number of allylic oxidation sites excluding steroid dienone is 1. The van der Waals surface area contributed by atoms with E-state index in [1.165, 1.54) is 11.1 Å². The smallest absolute Gasteiger partial charge is 0.0398 e. The third kappa shape index (κ3) is 36.3. The molecule has 0 heteroatoms. The van der Waals surface area contributed by atoms with Gasteiger partial charge in [0.05, 0.1) is 0 Å². The van der Waals surface area contributed by atoms with E-state index in [0.29, 0.717) is 0 Å². The Morgan fingerprint density at radius 2 is 1.06 bits per heavy atom. The quantitative estimate of drug-likeness (QED) is 0.429. The highest BCUT2D eigenvalue weighted by atomic mass is 13.9. The van der Waals surface area contributed by atoms with Gasteiger partial charge in [-0.3, -0.25) is 0 Å². The summed E-state index contributed by atoms with van der Waals surface area (Å²) in [7, 11) is 0. The summed E-state index contributed by atoms with van der Waals surface area (Å²) in [6.07, 6.45) is 1.75. The first-order chi connectivity index (χ1) is 8.20. The summed E-state index contributed by atoms with van der Waals surface area (Å²) in [5.41, 5.74) is 2.68. The molecule has 0 unspecified atom stereocenters. The zero-order valence-electron chi connectivity index (χ0n) is 13.6. The minimum Gasteiger partial charge on any atom is -0.103 e. The maximum absolute atomic E-state index is 3.36. The topological polar surface area (TPSA) is 0 Å². The molecular formula is C18H38. The van der Waals surface area contributed by atoms with Crippen molar-refractivity contribution < 1.29 is 0 Å². The SMILES string of the molecule is C.C=CC.CC.CC.CC.Cc1cccc(C)c1. The summed E-state index contributed by atoms with van der Waals surface area (Å²) >= 11 is 0. The molecule has 1 aromatic carbocycles. The van der Waals surface area contributed by atoms with E-state index < -0.39 is 0 Å². The van der Waals surface area contributed by atoms with Crippen molar-refractivity contribution >= 4 is 0 Å². The van der Waals surface area contributed by atoms with Crippen LogP contribution in [-0.4, -0.2) is 0 Å². The largest absolute Gasteiger partial charge is 0.103 e. The summed E-state index contributed by atoms with van der Waals surface area (Å²) in [5, 5.41) is 0. The second-order valence-electron chi connectivity index (χ2n) is 2.57. The molecule has 0 spiro atoms. The second-order valence-corrected chi connectivity index (χ2v) is 2.57. The Morgan fingerprint density at radius 3 is 1.17 bits per heavy atom. The van der Waals surface area contributed by atoms with Crippen molar-refractivity contribution in [2.75, 3.05) is 0 Å². The van der Waals surface area contributed by atoms with Gasteiger partial charge in [0.25, 0.3) is 0 Å². The van der Waals surface area contributed by atoms with Crippen LogP contribution in [0.25, 0.3) is 0 Å². The van der Waals surface area contributed by atoms with Gasteiger partial charge < -0.3 is 0 Å². The molecule has 1 rings (SSSR count). The van der Waals surface area contributed by atoms with Crippen molar-refractivity contribution in [2.24, 2.45) is 0 Å². The number of hydrogen-bond acceptors (Lipinski definition) is 0. The number of hydrogen-bond donors (Lipinski definition) is 0. The first-order valence-corrected chi connectivity index (χ1v) is 6.81. The van der Waals surface area contributed by atoms with Crippen molar-refractivity contribution in [2.45, 2.75) is 69.7 Å². The highest BCUT2D eigenvalue weighted by Gasteiger charge is 1.80. The summed E-state index contributed by atoms with van der Waals surface area (Å²) in [6, 6.07) is 8.45. The third-order valence-electron chi connectivity index (χ3n) is 1.17. The molecule has 1 aromatic rings. The van der Waals surface area contributed by atoms with Crippen LogP contribution in [0.1, 0.15) is 67.0 Å². The van der Waals surface area contributed by atoms with Crippen molar-refractivity contribution in [1.29, 1.82) is 0 Å². The molecule has 0 bridgehead atoms. The van der Waals surface area contributed by atoms with E-state index in [9.17, 15) is 0 Å². The van der Waals surface area contributed by atoms with Crippen molar-refractivity contribution in [3.05, 3.63) is 48.0 Å². The molecule has 110 valence electrons. The van der Waals surface area contributed by atoms with E-state index in [4.69, 9.17) is 0 Å². The van der Waals surface area contributed by atoms with Gasteiger partial charge in [0, 0.05) is 0 Å². The van der Waals surface area contributed by atoms with Crippen LogP contribution in [0.2, 0.25) is 0 Å². The Bertz CT molecular complexity index is 194. The van der Waals surface area contributed by atoms with Gasteiger partial charge in [-0.1, -0.05) is 90.4 Å². The van der Waals surface area contributed by atoms with Crippen LogP contribution >= 0.6 is 0 Å². The van der Waals surface area contributed by atoms with E-state index >= 15 is 0 Å². The molecule has 0 amide bonds. The predicted molar refractivity (Wildman–Crippen MR) is 92.6 cm³/mol.